The average Bonchev–Trinajstić information content (AvgIpc) is 2.07. The summed E-state index contributed by atoms with van der Waals surface area (Å²) >= 11 is 0. The summed E-state index contributed by atoms with van der Waals surface area (Å²) in [7, 11) is -3.37. The van der Waals surface area contributed by atoms with E-state index in [-0.39, 0.29) is 17.1 Å². The van der Waals surface area contributed by atoms with Gasteiger partial charge in [-0.3, -0.25) is 4.84 Å². The second-order valence-electron chi connectivity index (χ2n) is 2.84. The molecule has 0 unspecified atom stereocenters. The quantitative estimate of drug-likeness (QED) is 0.756. The van der Waals surface area contributed by atoms with Gasteiger partial charge in [-0.2, -0.15) is 0 Å². The Morgan fingerprint density at radius 3 is 2.57 bits per heavy atom. The lowest BCUT2D eigenvalue weighted by Gasteiger charge is -2.03. The van der Waals surface area contributed by atoms with E-state index >= 15 is 0 Å². The zero-order chi connectivity index (χ0) is 10.8. The Kier molecular flexibility index (Phi) is 3.20. The summed E-state index contributed by atoms with van der Waals surface area (Å²) in [6.07, 6.45) is 1.01. The molecule has 0 aliphatic heterocycles. The second-order valence-corrected chi connectivity index (χ2v) is 4.85. The van der Waals surface area contributed by atoms with Crippen molar-refractivity contribution in [3.05, 3.63) is 29.6 Å². The number of halogens is 1. The highest BCUT2D eigenvalue weighted by Gasteiger charge is 2.10. The molecule has 6 heteroatoms. The van der Waals surface area contributed by atoms with Gasteiger partial charge in [0.1, 0.15) is 5.82 Å². The number of hydrogen-bond acceptors (Lipinski definition) is 4. The summed E-state index contributed by atoms with van der Waals surface area (Å²) in [5, 5.41) is 0. The van der Waals surface area contributed by atoms with Crippen LogP contribution in [0.3, 0.4) is 0 Å². The van der Waals surface area contributed by atoms with Gasteiger partial charge in [-0.25, -0.2) is 18.7 Å². The van der Waals surface area contributed by atoms with Crippen LogP contribution in [0.1, 0.15) is 5.56 Å². The number of rotatable bonds is 3. The van der Waals surface area contributed by atoms with Crippen LogP contribution in [-0.2, 0) is 21.3 Å². The van der Waals surface area contributed by atoms with Gasteiger partial charge in [0.2, 0.25) is 0 Å². The lowest BCUT2D eigenvalue weighted by molar-refractivity contribution is 0.121. The summed E-state index contributed by atoms with van der Waals surface area (Å²) in [5.74, 6) is 4.13. The van der Waals surface area contributed by atoms with Gasteiger partial charge in [-0.05, 0) is 12.1 Å². The summed E-state index contributed by atoms with van der Waals surface area (Å²) in [6, 6.07) is 3.59. The van der Waals surface area contributed by atoms with Crippen molar-refractivity contribution in [1.82, 2.24) is 0 Å². The lowest BCUT2D eigenvalue weighted by Crippen LogP contribution is -2.03. The number of sulfone groups is 1. The molecule has 2 N–H and O–H groups in total. The standard InChI is InChI=1S/C8H10FNO3S/c1-14(11,12)7-3-2-6(5-13-10)8(9)4-7/h2-4H,5,10H2,1H3. The molecular formula is C8H10FNO3S. The fourth-order valence-electron chi connectivity index (χ4n) is 0.966. The third-order valence-corrected chi connectivity index (χ3v) is 2.80. The summed E-state index contributed by atoms with van der Waals surface area (Å²) in [6.45, 7) is -0.0874. The minimum Gasteiger partial charge on any atom is -0.300 e. The van der Waals surface area contributed by atoms with Crippen molar-refractivity contribution in [1.29, 1.82) is 0 Å². The molecule has 0 radical (unpaired) electrons. The van der Waals surface area contributed by atoms with Crippen molar-refractivity contribution in [3.63, 3.8) is 0 Å². The minimum absolute atomic E-state index is 0.0595. The Balaban J connectivity index is 3.13. The third kappa shape index (κ3) is 2.50. The van der Waals surface area contributed by atoms with Crippen LogP contribution >= 0.6 is 0 Å². The van der Waals surface area contributed by atoms with E-state index in [0.717, 1.165) is 12.3 Å². The Hall–Kier alpha value is -0.980. The molecule has 0 fully saturated rings. The molecule has 0 heterocycles. The first-order chi connectivity index (χ1) is 6.45. The Morgan fingerprint density at radius 1 is 1.50 bits per heavy atom. The predicted octanol–water partition coefficient (Wildman–Crippen LogP) is 0.620. The molecule has 78 valence electrons. The van der Waals surface area contributed by atoms with Crippen LogP contribution < -0.4 is 5.90 Å². The van der Waals surface area contributed by atoms with E-state index < -0.39 is 15.7 Å². The van der Waals surface area contributed by atoms with Crippen LogP contribution in [0.25, 0.3) is 0 Å². The molecule has 0 amide bonds. The van der Waals surface area contributed by atoms with Crippen LogP contribution in [0.4, 0.5) is 4.39 Å². The van der Waals surface area contributed by atoms with Crippen molar-refractivity contribution in [2.45, 2.75) is 11.5 Å². The van der Waals surface area contributed by atoms with Crippen LogP contribution in [-0.4, -0.2) is 14.7 Å². The highest BCUT2D eigenvalue weighted by Crippen LogP contribution is 2.15. The first-order valence-corrected chi connectivity index (χ1v) is 5.64. The monoisotopic (exact) mass is 219 g/mol. The summed E-state index contributed by atoms with van der Waals surface area (Å²) in [4.78, 5) is 4.19. The highest BCUT2D eigenvalue weighted by molar-refractivity contribution is 7.90. The van der Waals surface area contributed by atoms with Crippen LogP contribution in [0, 0.1) is 5.82 Å². The Bertz CT molecular complexity index is 430. The predicted molar refractivity (Wildman–Crippen MR) is 48.5 cm³/mol. The van der Waals surface area contributed by atoms with E-state index in [1.165, 1.54) is 12.1 Å². The maximum Gasteiger partial charge on any atom is 0.175 e. The van der Waals surface area contributed by atoms with Gasteiger partial charge < -0.3 is 0 Å². The van der Waals surface area contributed by atoms with Crippen molar-refractivity contribution in [2.24, 2.45) is 5.90 Å². The molecule has 0 saturated carbocycles. The van der Waals surface area contributed by atoms with Gasteiger partial charge in [0.25, 0.3) is 0 Å². The van der Waals surface area contributed by atoms with Crippen LogP contribution in [0.5, 0.6) is 0 Å². The second kappa shape index (κ2) is 4.04. The van der Waals surface area contributed by atoms with E-state index in [4.69, 9.17) is 5.90 Å². The zero-order valence-electron chi connectivity index (χ0n) is 7.53. The number of benzene rings is 1. The molecule has 0 aromatic heterocycles. The van der Waals surface area contributed by atoms with Crippen molar-refractivity contribution < 1.29 is 17.6 Å². The van der Waals surface area contributed by atoms with Gasteiger partial charge >= 0.3 is 0 Å². The Labute approximate surface area is 81.4 Å². The maximum atomic E-state index is 13.2. The fraction of sp³-hybridized carbons (Fsp3) is 0.250. The summed E-state index contributed by atoms with van der Waals surface area (Å²) in [5.41, 5.74) is 0.222. The molecule has 1 aromatic rings. The lowest BCUT2D eigenvalue weighted by atomic mass is 10.2. The molecule has 0 aliphatic rings. The van der Waals surface area contributed by atoms with E-state index in [1.54, 1.807) is 0 Å². The first kappa shape index (κ1) is 11.1. The molecule has 1 rings (SSSR count). The number of hydrogen-bond donors (Lipinski definition) is 1. The largest absolute Gasteiger partial charge is 0.300 e. The summed E-state index contributed by atoms with van der Waals surface area (Å²) < 4.78 is 35.2. The molecule has 0 bridgehead atoms. The van der Waals surface area contributed by atoms with Crippen molar-refractivity contribution >= 4 is 9.84 Å². The van der Waals surface area contributed by atoms with E-state index in [0.29, 0.717) is 0 Å². The van der Waals surface area contributed by atoms with Crippen molar-refractivity contribution in [3.8, 4) is 0 Å². The molecule has 0 saturated heterocycles. The molecule has 0 spiro atoms. The van der Waals surface area contributed by atoms with Gasteiger partial charge in [0, 0.05) is 11.8 Å². The maximum absolute atomic E-state index is 13.2. The molecule has 4 nitrogen and oxygen atoms in total. The van der Waals surface area contributed by atoms with E-state index in [1.807, 2.05) is 0 Å². The van der Waals surface area contributed by atoms with E-state index in [9.17, 15) is 12.8 Å². The minimum atomic E-state index is -3.37. The van der Waals surface area contributed by atoms with Gasteiger partial charge in [0.15, 0.2) is 9.84 Å². The average molecular weight is 219 g/mol. The zero-order valence-corrected chi connectivity index (χ0v) is 8.34. The van der Waals surface area contributed by atoms with Gasteiger partial charge in [-0.1, -0.05) is 6.07 Å². The normalized spacial score (nSPS) is 11.6. The SMILES string of the molecule is CS(=O)(=O)c1ccc(CON)c(F)c1. The molecule has 1 aromatic carbocycles. The molecule has 0 aliphatic carbocycles. The topological polar surface area (TPSA) is 69.4 Å². The van der Waals surface area contributed by atoms with Crippen LogP contribution in [0.15, 0.2) is 23.1 Å². The fourth-order valence-corrected chi connectivity index (χ4v) is 1.60. The third-order valence-electron chi connectivity index (χ3n) is 1.69. The van der Waals surface area contributed by atoms with E-state index in [2.05, 4.69) is 4.84 Å². The molecule has 14 heavy (non-hydrogen) atoms. The van der Waals surface area contributed by atoms with Crippen LogP contribution in [0.2, 0.25) is 0 Å². The Morgan fingerprint density at radius 2 is 2.14 bits per heavy atom. The van der Waals surface area contributed by atoms with Gasteiger partial charge in [-0.15, -0.1) is 0 Å². The van der Waals surface area contributed by atoms with Gasteiger partial charge in [0.05, 0.1) is 11.5 Å². The molecular weight excluding hydrogens is 209 g/mol. The molecule has 0 atom stereocenters. The smallest absolute Gasteiger partial charge is 0.175 e. The number of nitrogens with two attached hydrogens (primary N) is 1. The van der Waals surface area contributed by atoms with Crippen molar-refractivity contribution in [2.75, 3.05) is 6.26 Å². The first-order valence-electron chi connectivity index (χ1n) is 3.75. The highest BCUT2D eigenvalue weighted by atomic mass is 32.2.